The summed E-state index contributed by atoms with van der Waals surface area (Å²) in [5.74, 6) is 0.410. The number of amides is 1. The van der Waals surface area contributed by atoms with Crippen LogP contribution in [-0.2, 0) is 6.54 Å². The van der Waals surface area contributed by atoms with Crippen molar-refractivity contribution >= 4 is 28.4 Å². The lowest BCUT2D eigenvalue weighted by atomic mass is 10.2. The van der Waals surface area contributed by atoms with E-state index in [1.807, 2.05) is 36.4 Å². The fraction of sp³-hybridized carbons (Fsp3) is 0.0526. The normalized spacial score (nSPS) is 10.8. The Labute approximate surface area is 153 Å². The van der Waals surface area contributed by atoms with Crippen molar-refractivity contribution in [1.82, 2.24) is 20.4 Å². The smallest absolute Gasteiger partial charge is 0.270 e. The Kier molecular flexibility index (Phi) is 4.33. The van der Waals surface area contributed by atoms with Crippen molar-refractivity contribution in [2.24, 2.45) is 0 Å². The molecule has 0 bridgehead atoms. The lowest BCUT2D eigenvalue weighted by Gasteiger charge is -2.03. The molecule has 0 saturated carbocycles. The average Bonchev–Trinajstić information content (AvgIpc) is 3.15. The molecule has 1 N–H and O–H groups in total. The Morgan fingerprint density at radius 1 is 1.04 bits per heavy atom. The van der Waals surface area contributed by atoms with E-state index in [1.165, 1.54) is 0 Å². The third kappa shape index (κ3) is 3.41. The van der Waals surface area contributed by atoms with E-state index < -0.39 is 0 Å². The second-order valence-corrected chi connectivity index (χ2v) is 6.03. The maximum absolute atomic E-state index is 12.3. The Morgan fingerprint density at radius 2 is 1.92 bits per heavy atom. The quantitative estimate of drug-likeness (QED) is 0.594. The van der Waals surface area contributed by atoms with Gasteiger partial charge in [0, 0.05) is 16.0 Å². The molecule has 1 amide bonds. The average molecular weight is 365 g/mol. The van der Waals surface area contributed by atoms with Crippen LogP contribution in [0.1, 0.15) is 16.4 Å². The molecule has 4 rings (SSSR count). The molecule has 0 aliphatic rings. The minimum Gasteiger partial charge on any atom is -0.342 e. The zero-order valence-electron chi connectivity index (χ0n) is 13.5. The molecule has 0 saturated heterocycles. The number of nitrogens with zero attached hydrogens (tertiary/aromatic N) is 3. The summed E-state index contributed by atoms with van der Waals surface area (Å²) in [5.41, 5.74) is 1.84. The lowest BCUT2D eigenvalue weighted by Crippen LogP contribution is -2.23. The van der Waals surface area contributed by atoms with E-state index in [4.69, 9.17) is 16.1 Å². The highest BCUT2D eigenvalue weighted by atomic mass is 35.5. The van der Waals surface area contributed by atoms with Crippen LogP contribution in [0.2, 0.25) is 5.02 Å². The molecule has 26 heavy (non-hydrogen) atoms. The van der Waals surface area contributed by atoms with Gasteiger partial charge in [-0.05, 0) is 24.3 Å². The molecule has 2 aromatic carbocycles. The van der Waals surface area contributed by atoms with E-state index >= 15 is 0 Å². The van der Waals surface area contributed by atoms with E-state index in [-0.39, 0.29) is 12.5 Å². The SMILES string of the molecule is O=C(NCc1nc(-c2cccc(Cl)c2)no1)c1ccc2ccccc2n1. The number of para-hydroxylation sites is 1. The molecular formula is C19H13ClN4O2. The molecule has 128 valence electrons. The van der Waals surface area contributed by atoms with Crippen LogP contribution in [0.5, 0.6) is 0 Å². The minimum atomic E-state index is -0.307. The van der Waals surface area contributed by atoms with Crippen LogP contribution >= 0.6 is 11.6 Å². The fourth-order valence-electron chi connectivity index (χ4n) is 2.51. The minimum absolute atomic E-state index is 0.112. The Hall–Kier alpha value is -3.25. The maximum atomic E-state index is 12.3. The van der Waals surface area contributed by atoms with Gasteiger partial charge in [-0.1, -0.05) is 53.2 Å². The Bertz CT molecular complexity index is 1090. The van der Waals surface area contributed by atoms with Crippen molar-refractivity contribution in [3.8, 4) is 11.4 Å². The molecule has 2 aromatic heterocycles. The third-order valence-corrected chi connectivity index (χ3v) is 4.02. The van der Waals surface area contributed by atoms with Gasteiger partial charge in [0.1, 0.15) is 5.69 Å². The van der Waals surface area contributed by atoms with Crippen molar-refractivity contribution in [1.29, 1.82) is 0 Å². The highest BCUT2D eigenvalue weighted by molar-refractivity contribution is 6.30. The molecule has 2 heterocycles. The first-order chi connectivity index (χ1) is 12.7. The molecule has 0 atom stereocenters. The summed E-state index contributed by atoms with van der Waals surface area (Å²) < 4.78 is 5.18. The van der Waals surface area contributed by atoms with E-state index in [0.717, 1.165) is 16.5 Å². The first kappa shape index (κ1) is 16.2. The number of benzene rings is 2. The predicted octanol–water partition coefficient (Wildman–Crippen LogP) is 3.87. The topological polar surface area (TPSA) is 80.9 Å². The summed E-state index contributed by atoms with van der Waals surface area (Å²) in [7, 11) is 0. The number of nitrogens with one attached hydrogen (secondary N) is 1. The van der Waals surface area contributed by atoms with Crippen molar-refractivity contribution < 1.29 is 9.32 Å². The molecule has 0 unspecified atom stereocenters. The first-order valence-corrected chi connectivity index (χ1v) is 8.29. The van der Waals surface area contributed by atoms with Crippen molar-refractivity contribution in [2.75, 3.05) is 0 Å². The number of fused-ring (bicyclic) bond motifs is 1. The van der Waals surface area contributed by atoms with Gasteiger partial charge in [-0.15, -0.1) is 0 Å². The number of carbonyl (C=O) groups is 1. The molecule has 0 radical (unpaired) electrons. The summed E-state index contributed by atoms with van der Waals surface area (Å²) >= 11 is 5.96. The van der Waals surface area contributed by atoms with E-state index in [9.17, 15) is 4.79 Å². The Morgan fingerprint density at radius 3 is 2.81 bits per heavy atom. The van der Waals surface area contributed by atoms with E-state index in [1.54, 1.807) is 24.3 Å². The molecule has 0 fully saturated rings. The predicted molar refractivity (Wildman–Crippen MR) is 97.7 cm³/mol. The molecule has 0 aliphatic heterocycles. The fourth-order valence-corrected chi connectivity index (χ4v) is 2.70. The third-order valence-electron chi connectivity index (χ3n) is 3.78. The Balaban J connectivity index is 1.46. The summed E-state index contributed by atoms with van der Waals surface area (Å²) in [6.45, 7) is 0.112. The molecule has 0 spiro atoms. The maximum Gasteiger partial charge on any atom is 0.270 e. The van der Waals surface area contributed by atoms with Gasteiger partial charge in [0.2, 0.25) is 11.7 Å². The van der Waals surface area contributed by atoms with Crippen molar-refractivity contribution in [2.45, 2.75) is 6.54 Å². The van der Waals surface area contributed by atoms with E-state index in [2.05, 4.69) is 20.4 Å². The van der Waals surface area contributed by atoms with Gasteiger partial charge in [-0.2, -0.15) is 4.98 Å². The molecule has 6 nitrogen and oxygen atoms in total. The van der Waals surface area contributed by atoms with Gasteiger partial charge >= 0.3 is 0 Å². The number of rotatable bonds is 4. The van der Waals surface area contributed by atoms with Gasteiger partial charge in [0.15, 0.2) is 0 Å². The first-order valence-electron chi connectivity index (χ1n) is 7.91. The number of hydrogen-bond acceptors (Lipinski definition) is 5. The van der Waals surface area contributed by atoms with Crippen molar-refractivity contribution in [3.63, 3.8) is 0 Å². The van der Waals surface area contributed by atoms with Crippen LogP contribution in [0.25, 0.3) is 22.3 Å². The van der Waals surface area contributed by atoms with E-state index in [0.29, 0.717) is 22.4 Å². The van der Waals surface area contributed by atoms with Gasteiger partial charge in [0.25, 0.3) is 5.91 Å². The van der Waals surface area contributed by atoms with Gasteiger partial charge in [-0.3, -0.25) is 4.79 Å². The van der Waals surface area contributed by atoms with Crippen LogP contribution < -0.4 is 5.32 Å². The molecular weight excluding hydrogens is 352 g/mol. The second-order valence-electron chi connectivity index (χ2n) is 5.59. The largest absolute Gasteiger partial charge is 0.342 e. The highest BCUT2D eigenvalue weighted by Crippen LogP contribution is 2.20. The standard InChI is InChI=1S/C19H13ClN4O2/c20-14-6-3-5-13(10-14)18-23-17(26-24-18)11-21-19(25)16-9-8-12-4-1-2-7-15(12)22-16/h1-10H,11H2,(H,21,25). The number of hydrogen-bond donors (Lipinski definition) is 1. The van der Waals surface area contributed by atoms with Crippen LogP contribution in [-0.4, -0.2) is 21.0 Å². The van der Waals surface area contributed by atoms with Gasteiger partial charge in [0.05, 0.1) is 12.1 Å². The van der Waals surface area contributed by atoms with Crippen molar-refractivity contribution in [3.05, 3.63) is 77.3 Å². The number of aromatic nitrogens is 3. The van der Waals surface area contributed by atoms with Crippen LogP contribution in [0.4, 0.5) is 0 Å². The van der Waals surface area contributed by atoms with Gasteiger partial charge in [-0.25, -0.2) is 4.98 Å². The zero-order chi connectivity index (χ0) is 17.9. The molecule has 7 heteroatoms. The summed E-state index contributed by atoms with van der Waals surface area (Å²) in [6.07, 6.45) is 0. The van der Waals surface area contributed by atoms with Crippen LogP contribution in [0.3, 0.4) is 0 Å². The monoisotopic (exact) mass is 364 g/mol. The molecule has 4 aromatic rings. The van der Waals surface area contributed by atoms with Crippen LogP contribution in [0, 0.1) is 0 Å². The number of halogens is 1. The van der Waals surface area contributed by atoms with Crippen LogP contribution in [0.15, 0.2) is 65.2 Å². The second kappa shape index (κ2) is 6.93. The molecule has 0 aliphatic carbocycles. The summed E-state index contributed by atoms with van der Waals surface area (Å²) in [6, 6.07) is 18.3. The number of pyridine rings is 1. The lowest BCUT2D eigenvalue weighted by molar-refractivity contribution is 0.0941. The highest BCUT2D eigenvalue weighted by Gasteiger charge is 2.12. The van der Waals surface area contributed by atoms with Gasteiger partial charge < -0.3 is 9.84 Å². The zero-order valence-corrected chi connectivity index (χ0v) is 14.3. The summed E-state index contributed by atoms with van der Waals surface area (Å²) in [4.78, 5) is 20.9. The summed E-state index contributed by atoms with van der Waals surface area (Å²) in [5, 5.41) is 8.21. The number of carbonyl (C=O) groups excluding carboxylic acids is 1.